The third-order valence-electron chi connectivity index (χ3n) is 5.15. The largest absolute Gasteiger partial charge is 0.373 e. The molecule has 1 aliphatic rings. The molecule has 1 fully saturated rings. The Morgan fingerprint density at radius 3 is 2.55 bits per heavy atom. The summed E-state index contributed by atoms with van der Waals surface area (Å²) in [7, 11) is -1.78. The van der Waals surface area contributed by atoms with E-state index >= 15 is 0 Å². The van der Waals surface area contributed by atoms with Crippen molar-refractivity contribution in [3.63, 3.8) is 0 Å². The first kappa shape index (κ1) is 21.3. The summed E-state index contributed by atoms with van der Waals surface area (Å²) in [5.74, 6) is -1.01. The highest BCUT2D eigenvalue weighted by Gasteiger charge is 2.33. The number of amides is 1. The van der Waals surface area contributed by atoms with Crippen molar-refractivity contribution in [3.05, 3.63) is 60.4 Å². The van der Waals surface area contributed by atoms with Gasteiger partial charge in [0.25, 0.3) is 0 Å². The monoisotopic (exact) mass is 419 g/mol. The van der Waals surface area contributed by atoms with E-state index in [9.17, 15) is 17.6 Å². The molecule has 1 unspecified atom stereocenters. The van der Waals surface area contributed by atoms with Crippen LogP contribution in [0, 0.1) is 11.7 Å². The molecule has 3 rings (SSSR count). The Hall–Kier alpha value is -2.45. The molecule has 0 bridgehead atoms. The maximum absolute atomic E-state index is 13.1. The second-order valence-electron chi connectivity index (χ2n) is 7.20. The number of hydrogen-bond donors (Lipinski definition) is 1. The minimum atomic E-state index is -3.74. The molecule has 2 aromatic carbocycles. The highest BCUT2D eigenvalue weighted by Crippen LogP contribution is 2.24. The van der Waals surface area contributed by atoms with E-state index in [-0.39, 0.29) is 23.3 Å². The van der Waals surface area contributed by atoms with Crippen molar-refractivity contribution in [2.45, 2.75) is 17.7 Å². The maximum atomic E-state index is 13.1. The SMILES string of the molecule is CN(CCNC(=O)C1CCCN(S(=O)(=O)c2ccc(F)cc2)C1)c1ccccc1. The number of rotatable bonds is 7. The van der Waals surface area contributed by atoms with Gasteiger partial charge in [-0.15, -0.1) is 0 Å². The molecule has 0 spiro atoms. The number of carbonyl (C=O) groups is 1. The maximum Gasteiger partial charge on any atom is 0.243 e. The Bertz CT molecular complexity index is 920. The average molecular weight is 420 g/mol. The van der Waals surface area contributed by atoms with Gasteiger partial charge in [0.2, 0.25) is 15.9 Å². The van der Waals surface area contributed by atoms with E-state index in [0.717, 1.165) is 17.8 Å². The summed E-state index contributed by atoms with van der Waals surface area (Å²) in [5, 5.41) is 2.92. The summed E-state index contributed by atoms with van der Waals surface area (Å²) >= 11 is 0. The molecule has 29 heavy (non-hydrogen) atoms. The molecule has 0 aliphatic carbocycles. The molecule has 2 aromatic rings. The van der Waals surface area contributed by atoms with E-state index in [4.69, 9.17) is 0 Å². The molecule has 1 N–H and O–H groups in total. The van der Waals surface area contributed by atoms with Crippen LogP contribution in [0.5, 0.6) is 0 Å². The summed E-state index contributed by atoms with van der Waals surface area (Å²) in [6, 6.07) is 14.7. The van der Waals surface area contributed by atoms with Crippen LogP contribution in [0.1, 0.15) is 12.8 Å². The van der Waals surface area contributed by atoms with Gasteiger partial charge in [-0.05, 0) is 49.2 Å². The first-order valence-electron chi connectivity index (χ1n) is 9.67. The lowest BCUT2D eigenvalue weighted by atomic mass is 9.99. The van der Waals surface area contributed by atoms with Crippen LogP contribution in [-0.4, -0.2) is 51.9 Å². The van der Waals surface area contributed by atoms with Crippen LogP contribution in [0.15, 0.2) is 59.5 Å². The van der Waals surface area contributed by atoms with Crippen molar-refractivity contribution in [1.82, 2.24) is 9.62 Å². The summed E-state index contributed by atoms with van der Waals surface area (Å²) in [6.45, 7) is 1.63. The zero-order valence-electron chi connectivity index (χ0n) is 16.4. The van der Waals surface area contributed by atoms with Gasteiger partial charge in [-0.3, -0.25) is 4.79 Å². The summed E-state index contributed by atoms with van der Waals surface area (Å²) < 4.78 is 40.0. The molecule has 0 saturated carbocycles. The van der Waals surface area contributed by atoms with Gasteiger partial charge in [-0.1, -0.05) is 18.2 Å². The van der Waals surface area contributed by atoms with Crippen LogP contribution < -0.4 is 10.2 Å². The molecule has 0 radical (unpaired) electrons. The zero-order valence-corrected chi connectivity index (χ0v) is 17.2. The number of likely N-dealkylation sites (N-methyl/N-ethyl adjacent to an activating group) is 1. The predicted octanol–water partition coefficient (Wildman–Crippen LogP) is 2.48. The summed E-state index contributed by atoms with van der Waals surface area (Å²) in [4.78, 5) is 14.7. The molecule has 1 heterocycles. The van der Waals surface area contributed by atoms with Crippen LogP contribution >= 0.6 is 0 Å². The van der Waals surface area contributed by atoms with Crippen molar-refractivity contribution in [2.75, 3.05) is 38.1 Å². The molecule has 1 amide bonds. The smallest absolute Gasteiger partial charge is 0.243 e. The lowest BCUT2D eigenvalue weighted by Crippen LogP contribution is -2.46. The molecule has 0 aromatic heterocycles. The Balaban J connectivity index is 1.54. The van der Waals surface area contributed by atoms with Gasteiger partial charge in [0, 0.05) is 38.9 Å². The number of hydrogen-bond acceptors (Lipinski definition) is 4. The second-order valence-corrected chi connectivity index (χ2v) is 9.14. The first-order chi connectivity index (χ1) is 13.9. The van der Waals surface area contributed by atoms with Crippen molar-refractivity contribution < 1.29 is 17.6 Å². The van der Waals surface area contributed by atoms with Crippen molar-refractivity contribution >= 4 is 21.6 Å². The minimum Gasteiger partial charge on any atom is -0.373 e. The Morgan fingerprint density at radius 2 is 1.86 bits per heavy atom. The number of anilines is 1. The van der Waals surface area contributed by atoms with Crippen molar-refractivity contribution in [1.29, 1.82) is 0 Å². The van der Waals surface area contributed by atoms with E-state index in [1.54, 1.807) is 0 Å². The van der Waals surface area contributed by atoms with Gasteiger partial charge in [0.05, 0.1) is 10.8 Å². The number of nitrogens with one attached hydrogen (secondary N) is 1. The van der Waals surface area contributed by atoms with E-state index in [1.807, 2.05) is 42.3 Å². The van der Waals surface area contributed by atoms with E-state index in [1.165, 1.54) is 16.4 Å². The summed E-state index contributed by atoms with van der Waals surface area (Å²) in [5.41, 5.74) is 1.07. The van der Waals surface area contributed by atoms with Crippen molar-refractivity contribution in [3.8, 4) is 0 Å². The quantitative estimate of drug-likeness (QED) is 0.749. The number of para-hydroxylation sites is 1. The third-order valence-corrected chi connectivity index (χ3v) is 7.03. The Morgan fingerprint density at radius 1 is 1.17 bits per heavy atom. The molecule has 1 atom stereocenters. The molecule has 1 saturated heterocycles. The number of piperidine rings is 1. The third kappa shape index (κ3) is 5.33. The molecule has 6 nitrogen and oxygen atoms in total. The lowest BCUT2D eigenvalue weighted by Gasteiger charge is -2.31. The van der Waals surface area contributed by atoms with Gasteiger partial charge in [0.15, 0.2) is 0 Å². The zero-order chi connectivity index (χ0) is 20.9. The highest BCUT2D eigenvalue weighted by molar-refractivity contribution is 7.89. The fourth-order valence-corrected chi connectivity index (χ4v) is 4.96. The number of nitrogens with zero attached hydrogens (tertiary/aromatic N) is 2. The number of halogens is 1. The van der Waals surface area contributed by atoms with E-state index < -0.39 is 15.8 Å². The molecule has 156 valence electrons. The standard InChI is InChI=1S/C21H26FN3O3S/c1-24(19-7-3-2-4-8-19)15-13-23-21(26)17-6-5-14-25(16-17)29(27,28)20-11-9-18(22)10-12-20/h2-4,7-12,17H,5-6,13-16H2,1H3,(H,23,26). The van der Waals surface area contributed by atoms with Crippen LogP contribution in [0.3, 0.4) is 0 Å². The van der Waals surface area contributed by atoms with Crippen LogP contribution in [0.4, 0.5) is 10.1 Å². The molecule has 8 heteroatoms. The Kier molecular flexibility index (Phi) is 6.87. The number of benzene rings is 2. The number of carbonyl (C=O) groups excluding carboxylic acids is 1. The van der Waals surface area contributed by atoms with Crippen LogP contribution in [0.25, 0.3) is 0 Å². The van der Waals surface area contributed by atoms with Gasteiger partial charge in [0.1, 0.15) is 5.82 Å². The van der Waals surface area contributed by atoms with Crippen molar-refractivity contribution in [2.24, 2.45) is 5.92 Å². The van der Waals surface area contributed by atoms with Gasteiger partial charge in [-0.2, -0.15) is 4.31 Å². The predicted molar refractivity (Wildman–Crippen MR) is 111 cm³/mol. The fraction of sp³-hybridized carbons (Fsp3) is 0.381. The summed E-state index contributed by atoms with van der Waals surface area (Å²) in [6.07, 6.45) is 1.26. The molecule has 1 aliphatic heterocycles. The topological polar surface area (TPSA) is 69.7 Å². The average Bonchev–Trinajstić information content (AvgIpc) is 2.74. The van der Waals surface area contributed by atoms with Gasteiger partial charge >= 0.3 is 0 Å². The molecular formula is C21H26FN3O3S. The second kappa shape index (κ2) is 9.37. The minimum absolute atomic E-state index is 0.0458. The highest BCUT2D eigenvalue weighted by atomic mass is 32.2. The molecular weight excluding hydrogens is 393 g/mol. The Labute approximate surface area is 171 Å². The van der Waals surface area contributed by atoms with E-state index in [2.05, 4.69) is 5.32 Å². The normalized spacial score (nSPS) is 17.7. The number of sulfonamides is 1. The van der Waals surface area contributed by atoms with Crippen LogP contribution in [0.2, 0.25) is 0 Å². The fourth-order valence-electron chi connectivity index (χ4n) is 3.43. The first-order valence-corrected chi connectivity index (χ1v) is 11.1. The van der Waals surface area contributed by atoms with Gasteiger partial charge in [-0.25, -0.2) is 12.8 Å². The lowest BCUT2D eigenvalue weighted by molar-refractivity contribution is -0.126. The van der Waals surface area contributed by atoms with Crippen LogP contribution in [-0.2, 0) is 14.8 Å². The van der Waals surface area contributed by atoms with Gasteiger partial charge < -0.3 is 10.2 Å². The van der Waals surface area contributed by atoms with E-state index in [0.29, 0.717) is 32.5 Å².